The number of ether oxygens (including phenoxy) is 1. The Kier molecular flexibility index (Phi) is 6.69. The quantitative estimate of drug-likeness (QED) is 0.552. The molecule has 0 amide bonds. The van der Waals surface area contributed by atoms with Gasteiger partial charge in [0.1, 0.15) is 5.75 Å². The molecule has 1 aliphatic rings. The van der Waals surface area contributed by atoms with Gasteiger partial charge in [-0.15, -0.1) is 0 Å². The normalized spacial score (nSPS) is 14.1. The number of hydrogen-bond acceptors (Lipinski definition) is 3. The van der Waals surface area contributed by atoms with Gasteiger partial charge in [-0.2, -0.15) is 0 Å². The van der Waals surface area contributed by atoms with Crippen LogP contribution in [0.1, 0.15) is 42.3 Å². The van der Waals surface area contributed by atoms with Gasteiger partial charge in [-0.05, 0) is 63.3 Å². The molecule has 1 fully saturated rings. The van der Waals surface area contributed by atoms with Crippen molar-refractivity contribution in [2.45, 2.75) is 46.7 Å². The van der Waals surface area contributed by atoms with Crippen LogP contribution >= 0.6 is 0 Å². The van der Waals surface area contributed by atoms with Gasteiger partial charge in [0, 0.05) is 17.8 Å². The zero-order valence-electron chi connectivity index (χ0n) is 16.6. The van der Waals surface area contributed by atoms with Gasteiger partial charge >= 0.3 is 0 Å². The third kappa shape index (κ3) is 6.27. The molecule has 144 valence electrons. The molecule has 2 aromatic rings. The minimum absolute atomic E-state index is 0.580. The highest BCUT2D eigenvalue weighted by Crippen LogP contribution is 2.30. The minimum Gasteiger partial charge on any atom is -0.493 e. The van der Waals surface area contributed by atoms with E-state index < -0.39 is 0 Å². The number of nitrogens with one attached hydrogen (secondary N) is 2. The van der Waals surface area contributed by atoms with Gasteiger partial charge in [0.25, 0.3) is 0 Å². The molecule has 0 atom stereocenters. The summed E-state index contributed by atoms with van der Waals surface area (Å²) in [4.78, 5) is 9.27. The van der Waals surface area contributed by atoms with Gasteiger partial charge in [-0.3, -0.25) is 4.98 Å². The number of benzene rings is 1. The van der Waals surface area contributed by atoms with E-state index in [-0.39, 0.29) is 0 Å². The number of aryl methyl sites for hydroxylation is 2. The largest absolute Gasteiger partial charge is 0.493 e. The first-order valence-electron chi connectivity index (χ1n) is 9.81. The van der Waals surface area contributed by atoms with Crippen molar-refractivity contribution >= 4 is 5.96 Å². The van der Waals surface area contributed by atoms with E-state index in [1.54, 1.807) is 0 Å². The summed E-state index contributed by atoms with van der Waals surface area (Å²) >= 11 is 0. The fourth-order valence-corrected chi connectivity index (χ4v) is 2.80. The summed E-state index contributed by atoms with van der Waals surface area (Å²) in [5.41, 5.74) is 4.36. The molecule has 1 aliphatic carbocycles. The van der Waals surface area contributed by atoms with Gasteiger partial charge in [-0.1, -0.05) is 18.2 Å². The number of hydrogen-bond donors (Lipinski definition) is 2. The maximum Gasteiger partial charge on any atom is 0.191 e. The van der Waals surface area contributed by atoms with Crippen molar-refractivity contribution in [1.82, 2.24) is 15.6 Å². The van der Waals surface area contributed by atoms with Crippen LogP contribution in [0.4, 0.5) is 0 Å². The zero-order chi connectivity index (χ0) is 19.1. The van der Waals surface area contributed by atoms with Gasteiger partial charge in [0.2, 0.25) is 0 Å². The number of rotatable bonds is 8. The third-order valence-electron chi connectivity index (χ3n) is 4.53. The van der Waals surface area contributed by atoms with Crippen molar-refractivity contribution in [2.75, 3.05) is 13.2 Å². The topological polar surface area (TPSA) is 58.5 Å². The number of nitrogens with zero attached hydrogens (tertiary/aromatic N) is 2. The summed E-state index contributed by atoms with van der Waals surface area (Å²) in [7, 11) is 0. The fraction of sp³-hybridized carbons (Fsp3) is 0.455. The molecule has 0 radical (unpaired) electrons. The average molecular weight is 367 g/mol. The first-order valence-corrected chi connectivity index (χ1v) is 9.81. The second kappa shape index (κ2) is 9.40. The molecule has 0 spiro atoms. The summed E-state index contributed by atoms with van der Waals surface area (Å²) in [5, 5.41) is 6.66. The highest BCUT2D eigenvalue weighted by molar-refractivity contribution is 5.79. The summed E-state index contributed by atoms with van der Waals surface area (Å²) in [6.45, 7) is 9.02. The van der Waals surface area contributed by atoms with Crippen molar-refractivity contribution in [3.63, 3.8) is 0 Å². The number of pyridine rings is 1. The summed E-state index contributed by atoms with van der Waals surface area (Å²) in [6, 6.07) is 12.4. The number of aromatic nitrogens is 1. The lowest BCUT2D eigenvalue weighted by atomic mass is 10.1. The number of aliphatic imine (C=N–C) groups is 1. The molecular weight excluding hydrogens is 336 g/mol. The SMILES string of the molecule is CCNC(=NCc1ccc(C)cc1OCC1CC1)NCc1cccc(C)n1. The van der Waals surface area contributed by atoms with Gasteiger partial charge in [-0.25, -0.2) is 4.99 Å². The molecule has 2 N–H and O–H groups in total. The Morgan fingerprint density at radius 1 is 1.19 bits per heavy atom. The maximum absolute atomic E-state index is 6.06. The second-order valence-corrected chi connectivity index (χ2v) is 7.18. The Labute approximate surface area is 162 Å². The van der Waals surface area contributed by atoms with Crippen molar-refractivity contribution in [3.05, 3.63) is 58.9 Å². The molecule has 27 heavy (non-hydrogen) atoms. The van der Waals surface area contributed by atoms with Crippen molar-refractivity contribution in [1.29, 1.82) is 0 Å². The van der Waals surface area contributed by atoms with E-state index in [0.717, 1.165) is 47.7 Å². The Balaban J connectivity index is 1.64. The highest BCUT2D eigenvalue weighted by Gasteiger charge is 2.22. The molecular formula is C22H30N4O. The fourth-order valence-electron chi connectivity index (χ4n) is 2.80. The number of guanidine groups is 1. The van der Waals surface area contributed by atoms with Crippen molar-refractivity contribution in [3.8, 4) is 5.75 Å². The van der Waals surface area contributed by atoms with Crippen molar-refractivity contribution < 1.29 is 4.74 Å². The average Bonchev–Trinajstić information content (AvgIpc) is 3.48. The van der Waals surface area contributed by atoms with Crippen LogP contribution in [0, 0.1) is 19.8 Å². The Morgan fingerprint density at radius 2 is 2.04 bits per heavy atom. The van der Waals surface area contributed by atoms with E-state index in [1.807, 2.05) is 25.1 Å². The van der Waals surface area contributed by atoms with E-state index in [4.69, 9.17) is 9.73 Å². The monoisotopic (exact) mass is 366 g/mol. The zero-order valence-corrected chi connectivity index (χ0v) is 16.6. The van der Waals surface area contributed by atoms with E-state index in [1.165, 1.54) is 18.4 Å². The van der Waals surface area contributed by atoms with Crippen LogP contribution in [0.3, 0.4) is 0 Å². The molecule has 0 unspecified atom stereocenters. The summed E-state index contributed by atoms with van der Waals surface area (Å²) in [5.74, 6) is 2.49. The molecule has 0 saturated heterocycles. The third-order valence-corrected chi connectivity index (χ3v) is 4.53. The predicted molar refractivity (Wildman–Crippen MR) is 110 cm³/mol. The van der Waals surface area contributed by atoms with Crippen LogP contribution < -0.4 is 15.4 Å². The van der Waals surface area contributed by atoms with E-state index >= 15 is 0 Å². The standard InChI is InChI=1S/C22H30N4O/c1-4-23-22(25-14-20-7-5-6-17(3)26-20)24-13-19-11-8-16(2)12-21(19)27-15-18-9-10-18/h5-8,11-12,18H,4,9-10,13-15H2,1-3H3,(H2,23,24,25). The first kappa shape index (κ1) is 19.2. The predicted octanol–water partition coefficient (Wildman–Crippen LogP) is 3.74. The van der Waals surface area contributed by atoms with Gasteiger partial charge in [0.15, 0.2) is 5.96 Å². The molecule has 0 aliphatic heterocycles. The molecule has 0 bridgehead atoms. The maximum atomic E-state index is 6.06. The Morgan fingerprint density at radius 3 is 2.78 bits per heavy atom. The molecule has 1 saturated carbocycles. The van der Waals surface area contributed by atoms with Crippen molar-refractivity contribution in [2.24, 2.45) is 10.9 Å². The lowest BCUT2D eigenvalue weighted by Crippen LogP contribution is -2.37. The lowest BCUT2D eigenvalue weighted by molar-refractivity contribution is 0.296. The van der Waals surface area contributed by atoms with Crippen LogP contribution in [0.2, 0.25) is 0 Å². The second-order valence-electron chi connectivity index (χ2n) is 7.18. The van der Waals surface area contributed by atoms with Crippen LogP contribution in [0.5, 0.6) is 5.75 Å². The molecule has 1 aromatic heterocycles. The van der Waals surface area contributed by atoms with E-state index in [0.29, 0.717) is 13.1 Å². The van der Waals surface area contributed by atoms with Crippen LogP contribution in [0.15, 0.2) is 41.4 Å². The van der Waals surface area contributed by atoms with Crippen LogP contribution in [-0.4, -0.2) is 24.1 Å². The van der Waals surface area contributed by atoms with Gasteiger partial charge in [0.05, 0.1) is 25.4 Å². The lowest BCUT2D eigenvalue weighted by Gasteiger charge is -2.13. The van der Waals surface area contributed by atoms with E-state index in [9.17, 15) is 0 Å². The molecule has 1 aromatic carbocycles. The van der Waals surface area contributed by atoms with E-state index in [2.05, 4.69) is 47.7 Å². The summed E-state index contributed by atoms with van der Waals surface area (Å²) in [6.07, 6.45) is 2.58. The van der Waals surface area contributed by atoms with Gasteiger partial charge < -0.3 is 15.4 Å². The summed E-state index contributed by atoms with van der Waals surface area (Å²) < 4.78 is 6.06. The minimum atomic E-state index is 0.580. The smallest absolute Gasteiger partial charge is 0.191 e. The van der Waals surface area contributed by atoms with Crippen LogP contribution in [-0.2, 0) is 13.1 Å². The Bertz CT molecular complexity index is 784. The molecule has 1 heterocycles. The first-order chi connectivity index (χ1) is 13.1. The highest BCUT2D eigenvalue weighted by atomic mass is 16.5. The van der Waals surface area contributed by atoms with Crippen LogP contribution in [0.25, 0.3) is 0 Å². The molecule has 5 heteroatoms. The molecule has 3 rings (SSSR count). The molecule has 5 nitrogen and oxygen atoms in total. The Hall–Kier alpha value is -2.56.